The minimum Gasteiger partial charge on any atom is -0.478 e. The number of nitrogens with zero attached hydrogens (tertiary/aromatic N) is 3. The van der Waals surface area contributed by atoms with Crippen molar-refractivity contribution in [3.63, 3.8) is 0 Å². The van der Waals surface area contributed by atoms with Crippen LogP contribution in [0.5, 0.6) is 0 Å². The monoisotopic (exact) mass is 545 g/mol. The van der Waals surface area contributed by atoms with Crippen molar-refractivity contribution in [2.24, 2.45) is 17.8 Å². The molecule has 3 heterocycles. The predicted molar refractivity (Wildman–Crippen MR) is 142 cm³/mol. The largest absolute Gasteiger partial charge is 0.522 e. The lowest BCUT2D eigenvalue weighted by molar-refractivity contribution is -0.329. The second kappa shape index (κ2) is 18.1. The molecule has 3 saturated heterocycles. The molecule has 0 radical (unpaired) electrons. The van der Waals surface area contributed by atoms with Gasteiger partial charge in [-0.3, -0.25) is 4.74 Å². The lowest BCUT2D eigenvalue weighted by Gasteiger charge is -2.29. The van der Waals surface area contributed by atoms with Gasteiger partial charge in [-0.15, -0.1) is 13.2 Å². The van der Waals surface area contributed by atoms with E-state index in [2.05, 4.69) is 28.6 Å². The van der Waals surface area contributed by atoms with E-state index in [1.165, 1.54) is 50.5 Å². The molecule has 0 spiro atoms. The number of hydrogen-bond acceptors (Lipinski definition) is 8. The summed E-state index contributed by atoms with van der Waals surface area (Å²) in [5.74, 6) is 1.24. The molecule has 0 aromatic carbocycles. The van der Waals surface area contributed by atoms with Crippen LogP contribution < -0.4 is 0 Å². The van der Waals surface area contributed by atoms with Gasteiger partial charge in [0.1, 0.15) is 0 Å². The maximum absolute atomic E-state index is 11.7. The summed E-state index contributed by atoms with van der Waals surface area (Å²) in [6.45, 7) is 7.30. The Morgan fingerprint density at radius 2 is 1.29 bits per heavy atom. The van der Waals surface area contributed by atoms with Gasteiger partial charge in [0.15, 0.2) is 0 Å². The number of ether oxygens (including phenoxy) is 2. The topological polar surface area (TPSA) is 48.4 Å². The van der Waals surface area contributed by atoms with Crippen LogP contribution in [0.1, 0.15) is 38.5 Å². The van der Waals surface area contributed by atoms with Crippen LogP contribution in [0.4, 0.5) is 13.2 Å². The number of thioether (sulfide) groups is 1. The van der Waals surface area contributed by atoms with Crippen LogP contribution in [0.15, 0.2) is 0 Å². The van der Waals surface area contributed by atoms with E-state index in [1.807, 2.05) is 18.2 Å². The second-order valence-electron chi connectivity index (χ2n) is 10.0. The SMILES string of the molecule is CN1CCCC(CO)C1.CN1CCCC(COC(F)(F)F)C1.CSC(=S)OCC1CCCN(C)C1. The Kier molecular flexibility index (Phi) is 17.0. The fraction of sp³-hybridized carbons (Fsp3) is 0.958. The van der Waals surface area contributed by atoms with Gasteiger partial charge in [0, 0.05) is 32.2 Å². The molecule has 0 saturated carbocycles. The third kappa shape index (κ3) is 17.1. The Morgan fingerprint density at radius 3 is 1.66 bits per heavy atom. The summed E-state index contributed by atoms with van der Waals surface area (Å²) in [5, 5.41) is 8.78. The first-order valence-corrected chi connectivity index (χ1v) is 14.2. The molecule has 0 amide bonds. The van der Waals surface area contributed by atoms with Gasteiger partial charge < -0.3 is 24.5 Å². The van der Waals surface area contributed by atoms with E-state index < -0.39 is 6.36 Å². The highest BCUT2D eigenvalue weighted by molar-refractivity contribution is 8.22. The van der Waals surface area contributed by atoms with E-state index in [1.54, 1.807) is 0 Å². The third-order valence-electron chi connectivity index (χ3n) is 6.51. The van der Waals surface area contributed by atoms with E-state index in [0.717, 1.165) is 39.1 Å². The number of likely N-dealkylation sites (tertiary alicyclic amines) is 3. The number of piperidine rings is 3. The van der Waals surface area contributed by atoms with Gasteiger partial charge in [0.25, 0.3) is 0 Å². The Hall–Kier alpha value is -0.170. The fourth-order valence-electron chi connectivity index (χ4n) is 4.70. The first-order chi connectivity index (χ1) is 16.5. The van der Waals surface area contributed by atoms with Crippen LogP contribution >= 0.6 is 24.0 Å². The molecule has 3 unspecified atom stereocenters. The summed E-state index contributed by atoms with van der Waals surface area (Å²) in [7, 11) is 6.20. The van der Waals surface area contributed by atoms with Crippen LogP contribution in [-0.2, 0) is 9.47 Å². The first kappa shape index (κ1) is 32.9. The third-order valence-corrected chi connectivity index (χ3v) is 7.58. The minimum absolute atomic E-state index is 0.0281. The molecule has 3 rings (SSSR count). The summed E-state index contributed by atoms with van der Waals surface area (Å²) in [6, 6.07) is 0. The van der Waals surface area contributed by atoms with Crippen LogP contribution in [0.2, 0.25) is 0 Å². The molecule has 0 aliphatic carbocycles. The fourth-order valence-corrected chi connectivity index (χ4v) is 4.95. The van der Waals surface area contributed by atoms with E-state index in [-0.39, 0.29) is 12.5 Å². The lowest BCUT2D eigenvalue weighted by Crippen LogP contribution is -2.35. The van der Waals surface area contributed by atoms with Gasteiger partial charge in [-0.05, 0) is 110 Å². The minimum atomic E-state index is -4.48. The maximum Gasteiger partial charge on any atom is 0.522 e. The molecule has 1 N–H and O–H groups in total. The highest BCUT2D eigenvalue weighted by Gasteiger charge is 2.31. The predicted octanol–water partition coefficient (Wildman–Crippen LogP) is 4.18. The molecule has 0 bridgehead atoms. The van der Waals surface area contributed by atoms with E-state index in [4.69, 9.17) is 22.1 Å². The van der Waals surface area contributed by atoms with Gasteiger partial charge >= 0.3 is 6.36 Å². The summed E-state index contributed by atoms with van der Waals surface area (Å²) in [6.07, 6.45) is 4.30. The number of aliphatic hydroxyl groups excluding tert-OH is 1. The highest BCUT2D eigenvalue weighted by Crippen LogP contribution is 2.21. The number of halogens is 3. The Labute approximate surface area is 219 Å². The van der Waals surface area contributed by atoms with E-state index in [9.17, 15) is 13.2 Å². The summed E-state index contributed by atoms with van der Waals surface area (Å²) >= 11 is 6.49. The van der Waals surface area contributed by atoms with E-state index in [0.29, 0.717) is 29.4 Å². The zero-order valence-electron chi connectivity index (χ0n) is 21.9. The first-order valence-electron chi connectivity index (χ1n) is 12.6. The lowest BCUT2D eigenvalue weighted by atomic mass is 10.00. The molecular weight excluding hydrogens is 499 g/mol. The molecule has 35 heavy (non-hydrogen) atoms. The van der Waals surface area contributed by atoms with Crippen molar-refractivity contribution in [3.05, 3.63) is 0 Å². The number of rotatable bonds is 5. The Morgan fingerprint density at radius 1 is 0.857 bits per heavy atom. The molecule has 0 aromatic rings. The van der Waals surface area contributed by atoms with Crippen LogP contribution in [0, 0.1) is 17.8 Å². The molecule has 3 aliphatic rings. The van der Waals surface area contributed by atoms with Gasteiger partial charge in [-0.1, -0.05) is 11.8 Å². The highest BCUT2D eigenvalue weighted by atomic mass is 32.2. The smallest absolute Gasteiger partial charge is 0.478 e. The summed E-state index contributed by atoms with van der Waals surface area (Å²) in [5.41, 5.74) is 0. The molecule has 11 heteroatoms. The van der Waals surface area contributed by atoms with Crippen LogP contribution in [0.3, 0.4) is 0 Å². The number of alkyl halides is 3. The maximum atomic E-state index is 11.7. The number of aliphatic hydroxyl groups is 1. The molecule has 208 valence electrons. The molecule has 3 aliphatic heterocycles. The van der Waals surface area contributed by atoms with Gasteiger partial charge in [0.2, 0.25) is 4.38 Å². The molecular formula is C24H46F3N3O3S2. The average molecular weight is 546 g/mol. The van der Waals surface area contributed by atoms with Crippen molar-refractivity contribution in [2.75, 3.05) is 86.5 Å². The molecule has 6 nitrogen and oxygen atoms in total. The quantitative estimate of drug-likeness (QED) is 0.517. The molecule has 0 aromatic heterocycles. The Bertz CT molecular complexity index is 576. The van der Waals surface area contributed by atoms with Crippen molar-refractivity contribution >= 4 is 28.4 Å². The zero-order valence-corrected chi connectivity index (χ0v) is 23.5. The van der Waals surface area contributed by atoms with Gasteiger partial charge in [-0.2, -0.15) is 0 Å². The van der Waals surface area contributed by atoms with Gasteiger partial charge in [-0.25, -0.2) is 0 Å². The van der Waals surface area contributed by atoms with Crippen molar-refractivity contribution in [3.8, 4) is 0 Å². The normalized spacial score (nSPS) is 26.7. The summed E-state index contributed by atoms with van der Waals surface area (Å²) < 4.78 is 44.9. The molecule has 3 atom stereocenters. The van der Waals surface area contributed by atoms with E-state index >= 15 is 0 Å². The van der Waals surface area contributed by atoms with Crippen molar-refractivity contribution in [2.45, 2.75) is 44.9 Å². The van der Waals surface area contributed by atoms with Gasteiger partial charge in [0.05, 0.1) is 13.2 Å². The summed E-state index contributed by atoms with van der Waals surface area (Å²) in [4.78, 5) is 6.68. The van der Waals surface area contributed by atoms with Crippen molar-refractivity contribution in [1.29, 1.82) is 0 Å². The zero-order chi connectivity index (χ0) is 26.3. The molecule has 3 fully saturated rings. The average Bonchev–Trinajstić information content (AvgIpc) is 2.82. The number of hydrogen-bond donors (Lipinski definition) is 1. The number of thiocarbonyl (C=S) groups is 1. The van der Waals surface area contributed by atoms with Crippen molar-refractivity contribution < 1.29 is 27.8 Å². The second-order valence-corrected chi connectivity index (χ2v) is 11.4. The van der Waals surface area contributed by atoms with Crippen molar-refractivity contribution in [1.82, 2.24) is 14.7 Å². The standard InChI is InChI=1S/C9H17NOS2.C8H14F3NO.C7H15NO/c1-10-5-3-4-8(6-10)7-11-9(12)13-2;1-12-4-2-3-7(5-12)6-13-8(9,10)11;1-8-4-2-3-7(5-8)6-9/h8H,3-7H2,1-2H3;7H,2-6H2,1H3;7,9H,2-6H2,1H3. The Balaban J connectivity index is 0.000000267. The van der Waals surface area contributed by atoms with Crippen LogP contribution in [0.25, 0.3) is 0 Å². The van der Waals surface area contributed by atoms with Crippen LogP contribution in [-0.4, -0.2) is 117 Å².